The van der Waals surface area contributed by atoms with Crippen molar-refractivity contribution in [3.8, 4) is 5.75 Å². The molecule has 1 heterocycles. The molecule has 2 unspecified atom stereocenters. The maximum absolute atomic E-state index is 11.5. The van der Waals surface area contributed by atoms with E-state index in [2.05, 4.69) is 0 Å². The standard InChI is InChI=1S/C13H18N2O3/c1-15-11(8-14)12(18-13(15)16)7-9-3-5-10(17-2)6-4-9/h3-6,11-12H,7-8,14H2,1-2H3. The van der Waals surface area contributed by atoms with E-state index in [1.165, 1.54) is 0 Å². The van der Waals surface area contributed by atoms with Crippen LogP contribution >= 0.6 is 0 Å². The Labute approximate surface area is 106 Å². The van der Waals surface area contributed by atoms with E-state index < -0.39 is 0 Å². The van der Waals surface area contributed by atoms with E-state index in [0.717, 1.165) is 11.3 Å². The van der Waals surface area contributed by atoms with Crippen molar-refractivity contribution in [1.29, 1.82) is 0 Å². The molecule has 1 aromatic carbocycles. The molecule has 5 heteroatoms. The summed E-state index contributed by atoms with van der Waals surface area (Å²) in [4.78, 5) is 13.0. The van der Waals surface area contributed by atoms with Crippen molar-refractivity contribution in [2.75, 3.05) is 20.7 Å². The Bertz CT molecular complexity index is 419. The molecular weight excluding hydrogens is 232 g/mol. The molecule has 2 atom stereocenters. The highest BCUT2D eigenvalue weighted by Gasteiger charge is 2.38. The van der Waals surface area contributed by atoms with Gasteiger partial charge in [0.05, 0.1) is 13.2 Å². The van der Waals surface area contributed by atoms with E-state index in [9.17, 15) is 4.79 Å². The van der Waals surface area contributed by atoms with Gasteiger partial charge in [-0.15, -0.1) is 0 Å². The van der Waals surface area contributed by atoms with E-state index >= 15 is 0 Å². The van der Waals surface area contributed by atoms with Crippen molar-refractivity contribution in [2.45, 2.75) is 18.6 Å². The molecule has 2 rings (SSSR count). The molecule has 0 saturated carbocycles. The van der Waals surface area contributed by atoms with Crippen molar-refractivity contribution in [3.63, 3.8) is 0 Å². The Morgan fingerprint density at radius 3 is 2.61 bits per heavy atom. The van der Waals surface area contributed by atoms with Crippen molar-refractivity contribution in [1.82, 2.24) is 4.90 Å². The van der Waals surface area contributed by atoms with Gasteiger partial charge in [-0.05, 0) is 17.7 Å². The summed E-state index contributed by atoms with van der Waals surface area (Å²) in [5.74, 6) is 0.814. The summed E-state index contributed by atoms with van der Waals surface area (Å²) in [5.41, 5.74) is 6.78. The molecule has 1 aliphatic heterocycles. The first-order valence-electron chi connectivity index (χ1n) is 5.92. The fourth-order valence-electron chi connectivity index (χ4n) is 2.16. The minimum absolute atomic E-state index is 0.0559. The molecule has 0 radical (unpaired) electrons. The molecule has 5 nitrogen and oxygen atoms in total. The molecule has 0 bridgehead atoms. The summed E-state index contributed by atoms with van der Waals surface area (Å²) in [7, 11) is 3.35. The summed E-state index contributed by atoms with van der Waals surface area (Å²) in [6.45, 7) is 0.406. The van der Waals surface area contributed by atoms with Crippen molar-refractivity contribution in [3.05, 3.63) is 29.8 Å². The van der Waals surface area contributed by atoms with Crippen LogP contribution in [0.15, 0.2) is 24.3 Å². The van der Waals surface area contributed by atoms with E-state index in [-0.39, 0.29) is 18.2 Å². The normalized spacial score (nSPS) is 23.1. The highest BCUT2D eigenvalue weighted by Crippen LogP contribution is 2.21. The number of amides is 1. The third-order valence-electron chi connectivity index (χ3n) is 3.30. The maximum Gasteiger partial charge on any atom is 0.410 e. The summed E-state index contributed by atoms with van der Waals surface area (Å²) in [6, 6.07) is 7.68. The van der Waals surface area contributed by atoms with Gasteiger partial charge < -0.3 is 20.1 Å². The Morgan fingerprint density at radius 2 is 2.06 bits per heavy atom. The van der Waals surface area contributed by atoms with Crippen LogP contribution in [0.3, 0.4) is 0 Å². The Hall–Kier alpha value is -1.75. The topological polar surface area (TPSA) is 64.8 Å². The molecule has 0 aliphatic carbocycles. The van der Waals surface area contributed by atoms with Gasteiger partial charge in [-0.3, -0.25) is 0 Å². The van der Waals surface area contributed by atoms with E-state index in [0.29, 0.717) is 13.0 Å². The first kappa shape index (κ1) is 12.7. The number of nitrogens with zero attached hydrogens (tertiary/aromatic N) is 1. The highest BCUT2D eigenvalue weighted by molar-refractivity contribution is 5.70. The third kappa shape index (κ3) is 2.41. The van der Waals surface area contributed by atoms with Crippen LogP contribution in [0.1, 0.15) is 5.56 Å². The SMILES string of the molecule is COc1ccc(CC2OC(=O)N(C)C2CN)cc1. The molecule has 1 aromatic rings. The van der Waals surface area contributed by atoms with Crippen LogP contribution in [0.2, 0.25) is 0 Å². The average molecular weight is 250 g/mol. The zero-order valence-corrected chi connectivity index (χ0v) is 10.6. The number of rotatable bonds is 4. The summed E-state index contributed by atoms with van der Waals surface area (Å²) in [6.07, 6.45) is 0.187. The summed E-state index contributed by atoms with van der Waals surface area (Å²) in [5, 5.41) is 0. The Kier molecular flexibility index (Phi) is 3.72. The van der Waals surface area contributed by atoms with Crippen LogP contribution in [0.4, 0.5) is 4.79 Å². The molecule has 0 spiro atoms. The fourth-order valence-corrected chi connectivity index (χ4v) is 2.16. The molecule has 1 saturated heterocycles. The van der Waals surface area contributed by atoms with Crippen LogP contribution in [0, 0.1) is 0 Å². The lowest BCUT2D eigenvalue weighted by atomic mass is 10.0. The second-order valence-corrected chi connectivity index (χ2v) is 4.39. The predicted octanol–water partition coefficient (Wildman–Crippen LogP) is 1.02. The number of ether oxygens (including phenoxy) is 2. The number of benzene rings is 1. The van der Waals surface area contributed by atoms with Gasteiger partial charge in [0.15, 0.2) is 0 Å². The smallest absolute Gasteiger partial charge is 0.410 e. The van der Waals surface area contributed by atoms with Crippen molar-refractivity contribution >= 4 is 6.09 Å². The molecule has 1 fully saturated rings. The lowest BCUT2D eigenvalue weighted by Gasteiger charge is -2.19. The minimum atomic E-state index is -0.302. The monoisotopic (exact) mass is 250 g/mol. The minimum Gasteiger partial charge on any atom is -0.497 e. The van der Waals surface area contributed by atoms with Crippen LogP contribution in [0.5, 0.6) is 5.75 Å². The van der Waals surface area contributed by atoms with Gasteiger partial charge in [-0.2, -0.15) is 0 Å². The maximum atomic E-state index is 11.5. The zero-order valence-electron chi connectivity index (χ0n) is 10.6. The first-order chi connectivity index (χ1) is 8.65. The van der Waals surface area contributed by atoms with Crippen LogP contribution in [-0.4, -0.2) is 43.8 Å². The number of carbonyl (C=O) groups excluding carboxylic acids is 1. The third-order valence-corrected chi connectivity index (χ3v) is 3.30. The van der Waals surface area contributed by atoms with Gasteiger partial charge in [0.1, 0.15) is 11.9 Å². The lowest BCUT2D eigenvalue weighted by molar-refractivity contribution is 0.130. The number of hydrogen-bond acceptors (Lipinski definition) is 4. The zero-order chi connectivity index (χ0) is 13.1. The molecule has 2 N–H and O–H groups in total. The molecule has 18 heavy (non-hydrogen) atoms. The van der Waals surface area contributed by atoms with Gasteiger partial charge in [0, 0.05) is 20.0 Å². The van der Waals surface area contributed by atoms with Gasteiger partial charge >= 0.3 is 6.09 Å². The lowest BCUT2D eigenvalue weighted by Crippen LogP contribution is -2.40. The van der Waals surface area contributed by atoms with Crippen molar-refractivity contribution in [2.24, 2.45) is 5.73 Å². The van der Waals surface area contributed by atoms with E-state index in [1.54, 1.807) is 19.1 Å². The van der Waals surface area contributed by atoms with Gasteiger partial charge in [0.2, 0.25) is 0 Å². The van der Waals surface area contributed by atoms with Crippen LogP contribution < -0.4 is 10.5 Å². The number of likely N-dealkylation sites (N-methyl/N-ethyl adjacent to an activating group) is 1. The Balaban J connectivity index is 2.06. The highest BCUT2D eigenvalue weighted by atomic mass is 16.6. The second kappa shape index (κ2) is 5.27. The Morgan fingerprint density at radius 1 is 1.39 bits per heavy atom. The number of cyclic esters (lactones) is 1. The van der Waals surface area contributed by atoms with Crippen LogP contribution in [-0.2, 0) is 11.2 Å². The largest absolute Gasteiger partial charge is 0.497 e. The summed E-state index contributed by atoms with van der Waals surface area (Å²) < 4.78 is 10.4. The molecule has 98 valence electrons. The van der Waals surface area contributed by atoms with E-state index in [4.69, 9.17) is 15.2 Å². The predicted molar refractivity (Wildman–Crippen MR) is 67.6 cm³/mol. The summed E-state index contributed by atoms with van der Waals surface area (Å²) >= 11 is 0. The second-order valence-electron chi connectivity index (χ2n) is 4.39. The van der Waals surface area contributed by atoms with Gasteiger partial charge in [-0.1, -0.05) is 12.1 Å². The van der Waals surface area contributed by atoms with E-state index in [1.807, 2.05) is 24.3 Å². The molecule has 1 amide bonds. The number of hydrogen-bond donors (Lipinski definition) is 1. The average Bonchev–Trinajstić information content (AvgIpc) is 2.65. The van der Waals surface area contributed by atoms with Crippen molar-refractivity contribution < 1.29 is 14.3 Å². The molecule has 0 aromatic heterocycles. The number of methoxy groups -OCH3 is 1. The number of nitrogens with two attached hydrogens (primary N) is 1. The first-order valence-corrected chi connectivity index (χ1v) is 5.92. The molecular formula is C13H18N2O3. The number of carbonyl (C=O) groups is 1. The molecule has 1 aliphatic rings. The fraction of sp³-hybridized carbons (Fsp3) is 0.462. The van der Waals surface area contributed by atoms with Gasteiger partial charge in [0.25, 0.3) is 0 Å². The quantitative estimate of drug-likeness (QED) is 0.866. The van der Waals surface area contributed by atoms with Gasteiger partial charge in [-0.25, -0.2) is 4.79 Å². The van der Waals surface area contributed by atoms with Crippen LogP contribution in [0.25, 0.3) is 0 Å².